The molecule has 2 heterocycles. The first-order valence-corrected chi connectivity index (χ1v) is 14.6. The first kappa shape index (κ1) is 28.7. The van der Waals surface area contributed by atoms with Crippen molar-refractivity contribution in [3.63, 3.8) is 0 Å². The van der Waals surface area contributed by atoms with Crippen LogP contribution in [0.3, 0.4) is 0 Å². The SMILES string of the molecule is [2H]CC(=O)OC[C@H]1OC(O)(c2cc(Cc3ccc(CC)cc3)c(C)c([C@H]3CCOC3)c2)[C@H](OC(=O)C[2H])[C@@H](OC(=O)C[2H])[C@@H]1OC(=O)C[2H]. The third-order valence-corrected chi connectivity index (χ3v) is 8.07. The Hall–Kier alpha value is -3.80. The second kappa shape index (κ2) is 14.5. The van der Waals surface area contributed by atoms with E-state index in [9.17, 15) is 24.3 Å². The zero-order valence-corrected chi connectivity index (χ0v) is 25.5. The lowest BCUT2D eigenvalue weighted by atomic mass is 9.82. The molecule has 11 nitrogen and oxygen atoms in total. The molecule has 0 radical (unpaired) electrons. The molecule has 45 heavy (non-hydrogen) atoms. The van der Waals surface area contributed by atoms with Crippen molar-refractivity contribution in [2.24, 2.45) is 0 Å². The monoisotopic (exact) mass is 630 g/mol. The van der Waals surface area contributed by atoms with Crippen LogP contribution in [0.2, 0.25) is 0 Å². The Morgan fingerprint density at radius 2 is 1.58 bits per heavy atom. The Kier molecular flexibility index (Phi) is 9.25. The van der Waals surface area contributed by atoms with Crippen LogP contribution in [-0.4, -0.2) is 73.2 Å². The highest BCUT2D eigenvalue weighted by atomic mass is 16.7. The molecule has 2 aromatic carbocycles. The lowest BCUT2D eigenvalue weighted by molar-refractivity contribution is -0.360. The second-order valence-electron chi connectivity index (χ2n) is 11.1. The molecule has 2 aromatic rings. The van der Waals surface area contributed by atoms with Crippen LogP contribution in [0.5, 0.6) is 0 Å². The first-order chi connectivity index (χ1) is 23.5. The quantitative estimate of drug-likeness (QED) is 0.304. The molecule has 0 aromatic heterocycles. The number of benzene rings is 2. The number of esters is 4. The summed E-state index contributed by atoms with van der Waals surface area (Å²) in [7, 11) is 0. The van der Waals surface area contributed by atoms with Gasteiger partial charge in [-0.25, -0.2) is 0 Å². The zero-order valence-electron chi connectivity index (χ0n) is 29.5. The summed E-state index contributed by atoms with van der Waals surface area (Å²) in [5.74, 6) is -7.10. The van der Waals surface area contributed by atoms with Crippen molar-refractivity contribution in [1.82, 2.24) is 0 Å². The van der Waals surface area contributed by atoms with Gasteiger partial charge in [-0.3, -0.25) is 19.2 Å². The van der Waals surface area contributed by atoms with Gasteiger partial charge in [0.25, 0.3) is 0 Å². The number of aliphatic hydroxyl groups is 1. The molecule has 0 spiro atoms. The first-order valence-electron chi connectivity index (χ1n) is 17.4. The fourth-order valence-corrected chi connectivity index (χ4v) is 5.88. The maximum Gasteiger partial charge on any atom is 0.303 e. The standard InChI is InChI=1S/C34H42O11/c1-7-24-8-10-25(11-9-24)14-27-15-28(16-29(19(27)2)26-12-13-40-17-26)34(39)33(44-23(6)38)32(43-22(5)37)31(42-21(4)36)30(45-34)18-41-20(3)35/h8-11,15-16,26,30-33,39H,7,12-14,17-18H2,1-6H3/t26-,30+,31+,32-,33+,34?/m0/s1/i3D,4D,5D,6D. The maximum atomic E-state index is 12.7. The van der Waals surface area contributed by atoms with E-state index in [4.69, 9.17) is 33.9 Å². The minimum atomic E-state index is -2.66. The molecule has 1 unspecified atom stereocenters. The lowest BCUT2D eigenvalue weighted by Crippen LogP contribution is -2.66. The summed E-state index contributed by atoms with van der Waals surface area (Å²) < 4.78 is 63.4. The number of ether oxygens (including phenoxy) is 6. The lowest BCUT2D eigenvalue weighted by Gasteiger charge is -2.49. The molecule has 2 fully saturated rings. The zero-order chi connectivity index (χ0) is 35.7. The van der Waals surface area contributed by atoms with Crippen LogP contribution < -0.4 is 0 Å². The van der Waals surface area contributed by atoms with Gasteiger partial charge in [0.1, 0.15) is 12.7 Å². The number of rotatable bonds is 10. The second-order valence-corrected chi connectivity index (χ2v) is 11.1. The summed E-state index contributed by atoms with van der Waals surface area (Å²) in [4.78, 5) is 49.8. The fraction of sp³-hybridized carbons (Fsp3) is 0.529. The van der Waals surface area contributed by atoms with E-state index in [1.165, 1.54) is 0 Å². The van der Waals surface area contributed by atoms with Gasteiger partial charge < -0.3 is 33.5 Å². The van der Waals surface area contributed by atoms with Gasteiger partial charge in [-0.15, -0.1) is 0 Å². The Balaban J connectivity index is 1.93. The number of carbonyl (C=O) groups excluding carboxylic acids is 4. The van der Waals surface area contributed by atoms with E-state index in [2.05, 4.69) is 6.92 Å². The number of carbonyl (C=O) groups is 4. The Labute approximate surface area is 268 Å². The molecule has 6 atom stereocenters. The third-order valence-electron chi connectivity index (χ3n) is 8.07. The van der Waals surface area contributed by atoms with Crippen LogP contribution in [0, 0.1) is 6.92 Å². The summed E-state index contributed by atoms with van der Waals surface area (Å²) in [6.07, 6.45) is -5.09. The van der Waals surface area contributed by atoms with Crippen LogP contribution in [0.4, 0.5) is 0 Å². The molecule has 0 saturated carbocycles. The molecule has 2 saturated heterocycles. The van der Waals surface area contributed by atoms with Gasteiger partial charge in [0, 0.05) is 51.2 Å². The largest absolute Gasteiger partial charge is 0.463 e. The number of hydrogen-bond donors (Lipinski definition) is 1. The topological polar surface area (TPSA) is 144 Å². The van der Waals surface area contributed by atoms with Crippen molar-refractivity contribution < 1.29 is 58.2 Å². The van der Waals surface area contributed by atoms with Crippen molar-refractivity contribution in [3.8, 4) is 0 Å². The number of aryl methyl sites for hydroxylation is 1. The van der Waals surface area contributed by atoms with Gasteiger partial charge in [0.2, 0.25) is 11.9 Å². The van der Waals surface area contributed by atoms with Crippen LogP contribution >= 0.6 is 0 Å². The molecule has 244 valence electrons. The molecule has 0 bridgehead atoms. The van der Waals surface area contributed by atoms with E-state index >= 15 is 0 Å². The van der Waals surface area contributed by atoms with Gasteiger partial charge in [-0.05, 0) is 66.1 Å². The average Bonchev–Trinajstić information content (AvgIpc) is 3.65. The highest BCUT2D eigenvalue weighted by Crippen LogP contribution is 2.43. The smallest absolute Gasteiger partial charge is 0.303 e. The van der Waals surface area contributed by atoms with Crippen LogP contribution in [0.15, 0.2) is 36.4 Å². The third kappa shape index (κ3) is 8.08. The number of hydrogen-bond acceptors (Lipinski definition) is 11. The van der Waals surface area contributed by atoms with Crippen molar-refractivity contribution in [3.05, 3.63) is 69.8 Å². The van der Waals surface area contributed by atoms with E-state index < -0.39 is 88.3 Å². The van der Waals surface area contributed by atoms with Crippen LogP contribution in [-0.2, 0) is 66.2 Å². The highest BCUT2D eigenvalue weighted by molar-refractivity contribution is 5.69. The van der Waals surface area contributed by atoms with Crippen molar-refractivity contribution >= 4 is 23.9 Å². The van der Waals surface area contributed by atoms with E-state index in [1.807, 2.05) is 31.2 Å². The highest BCUT2D eigenvalue weighted by Gasteiger charge is 2.60. The summed E-state index contributed by atoms with van der Waals surface area (Å²) >= 11 is 0. The van der Waals surface area contributed by atoms with Crippen molar-refractivity contribution in [1.29, 1.82) is 0 Å². The van der Waals surface area contributed by atoms with Crippen molar-refractivity contribution in [2.75, 3.05) is 19.8 Å². The minimum Gasteiger partial charge on any atom is -0.463 e. The average molecular weight is 631 g/mol. The van der Waals surface area contributed by atoms with Crippen LogP contribution in [0.25, 0.3) is 0 Å². The Morgan fingerprint density at radius 1 is 0.933 bits per heavy atom. The maximum absolute atomic E-state index is 12.7. The molecular weight excluding hydrogens is 584 g/mol. The van der Waals surface area contributed by atoms with Crippen LogP contribution in [0.1, 0.15) is 85.7 Å². The predicted octanol–water partition coefficient (Wildman–Crippen LogP) is 3.55. The fourth-order valence-electron chi connectivity index (χ4n) is 5.88. The molecule has 2 aliphatic rings. The van der Waals surface area contributed by atoms with Gasteiger partial charge in [-0.2, -0.15) is 0 Å². The predicted molar refractivity (Wildman–Crippen MR) is 160 cm³/mol. The molecule has 0 aliphatic carbocycles. The Morgan fingerprint density at radius 3 is 2.20 bits per heavy atom. The van der Waals surface area contributed by atoms with E-state index in [0.717, 1.165) is 34.2 Å². The Bertz CT molecular complexity index is 1480. The molecule has 11 heteroatoms. The molecule has 0 amide bonds. The van der Waals surface area contributed by atoms with Gasteiger partial charge >= 0.3 is 23.9 Å². The molecular formula is C34H42O11. The summed E-state index contributed by atoms with van der Waals surface area (Å²) in [5.41, 5.74) is 4.73. The minimum absolute atomic E-state index is 0.0666. The van der Waals surface area contributed by atoms with Gasteiger partial charge in [-0.1, -0.05) is 31.2 Å². The normalized spacial score (nSPS) is 27.3. The molecule has 2 aliphatic heterocycles. The van der Waals surface area contributed by atoms with Gasteiger partial charge in [0.15, 0.2) is 12.2 Å². The van der Waals surface area contributed by atoms with Gasteiger partial charge in [0.05, 0.1) is 6.61 Å². The molecule has 4 rings (SSSR count). The molecule has 1 N–H and O–H groups in total. The van der Waals surface area contributed by atoms with E-state index in [0.29, 0.717) is 26.1 Å². The van der Waals surface area contributed by atoms with E-state index in [1.54, 1.807) is 12.1 Å². The summed E-state index contributed by atoms with van der Waals surface area (Å²) in [5, 5.41) is 12.6. The van der Waals surface area contributed by atoms with Crippen molar-refractivity contribution in [2.45, 2.75) is 96.8 Å². The summed E-state index contributed by atoms with van der Waals surface area (Å²) in [6, 6.07) is 11.4. The summed E-state index contributed by atoms with van der Waals surface area (Å²) in [6.45, 7) is 0.809. The van der Waals surface area contributed by atoms with E-state index in [-0.39, 0.29) is 11.5 Å².